The van der Waals surface area contributed by atoms with Crippen LogP contribution in [-0.4, -0.2) is 21.2 Å². The molecule has 2 aromatic rings. The molecule has 0 saturated heterocycles. The molecule has 0 radical (unpaired) electrons. The van der Waals surface area contributed by atoms with Crippen molar-refractivity contribution >= 4 is 11.6 Å². The molecule has 2 rings (SSSR count). The summed E-state index contributed by atoms with van der Waals surface area (Å²) in [5.41, 5.74) is 7.43. The van der Waals surface area contributed by atoms with Crippen molar-refractivity contribution in [2.45, 2.75) is 32.7 Å². The SMILES string of the molecule is CCC(C)(C)NC(=O)c1ccn(-c2ccccc2N)n1. The van der Waals surface area contributed by atoms with E-state index in [1.807, 2.05) is 39.0 Å². The molecule has 0 unspecified atom stereocenters. The van der Waals surface area contributed by atoms with E-state index in [0.29, 0.717) is 11.4 Å². The van der Waals surface area contributed by atoms with Crippen molar-refractivity contribution in [2.24, 2.45) is 0 Å². The van der Waals surface area contributed by atoms with Crippen LogP contribution >= 0.6 is 0 Å². The third kappa shape index (κ3) is 2.99. The first-order valence-electron chi connectivity index (χ1n) is 6.66. The third-order valence-corrected chi connectivity index (χ3v) is 3.34. The lowest BCUT2D eigenvalue weighted by atomic mass is 10.0. The van der Waals surface area contributed by atoms with Crippen LogP contribution in [0.4, 0.5) is 5.69 Å². The Hall–Kier alpha value is -2.30. The fourth-order valence-electron chi connectivity index (χ4n) is 1.74. The molecule has 0 spiro atoms. The van der Waals surface area contributed by atoms with Crippen molar-refractivity contribution < 1.29 is 4.79 Å². The standard InChI is InChI=1S/C15H20N4O/c1-4-15(2,3)17-14(20)12-9-10-19(18-12)13-8-6-5-7-11(13)16/h5-10H,4,16H2,1-3H3,(H,17,20). The second-order valence-corrected chi connectivity index (χ2v) is 5.40. The Kier molecular flexibility index (Phi) is 3.79. The molecule has 1 heterocycles. The molecule has 0 aliphatic rings. The number of rotatable bonds is 4. The summed E-state index contributed by atoms with van der Waals surface area (Å²) >= 11 is 0. The van der Waals surface area contributed by atoms with Crippen LogP contribution in [0.15, 0.2) is 36.5 Å². The summed E-state index contributed by atoms with van der Waals surface area (Å²) in [5.74, 6) is -0.176. The largest absolute Gasteiger partial charge is 0.397 e. The first-order valence-corrected chi connectivity index (χ1v) is 6.66. The molecule has 1 aromatic carbocycles. The molecule has 5 heteroatoms. The topological polar surface area (TPSA) is 72.9 Å². The average Bonchev–Trinajstić information content (AvgIpc) is 2.88. The minimum Gasteiger partial charge on any atom is -0.397 e. The molecule has 0 atom stereocenters. The molecular formula is C15H20N4O. The molecule has 5 nitrogen and oxygen atoms in total. The predicted molar refractivity (Wildman–Crippen MR) is 79.8 cm³/mol. The van der Waals surface area contributed by atoms with Gasteiger partial charge >= 0.3 is 0 Å². The van der Waals surface area contributed by atoms with Crippen molar-refractivity contribution in [1.82, 2.24) is 15.1 Å². The predicted octanol–water partition coefficient (Wildman–Crippen LogP) is 2.37. The first-order chi connectivity index (χ1) is 9.43. The quantitative estimate of drug-likeness (QED) is 0.839. The maximum absolute atomic E-state index is 12.1. The van der Waals surface area contributed by atoms with Gasteiger partial charge in [-0.3, -0.25) is 4.79 Å². The summed E-state index contributed by atoms with van der Waals surface area (Å²) in [6, 6.07) is 9.09. The number of nitrogens with two attached hydrogens (primary N) is 1. The highest BCUT2D eigenvalue weighted by Crippen LogP contribution is 2.16. The summed E-state index contributed by atoms with van der Waals surface area (Å²) < 4.78 is 1.61. The van der Waals surface area contributed by atoms with Crippen molar-refractivity contribution in [3.05, 3.63) is 42.2 Å². The zero-order valence-electron chi connectivity index (χ0n) is 12.1. The molecule has 0 fully saturated rings. The molecule has 3 N–H and O–H groups in total. The van der Waals surface area contributed by atoms with Crippen LogP contribution in [0.1, 0.15) is 37.7 Å². The highest BCUT2D eigenvalue weighted by Gasteiger charge is 2.20. The molecule has 20 heavy (non-hydrogen) atoms. The average molecular weight is 272 g/mol. The third-order valence-electron chi connectivity index (χ3n) is 3.34. The lowest BCUT2D eigenvalue weighted by Gasteiger charge is -2.23. The summed E-state index contributed by atoms with van der Waals surface area (Å²) in [6.07, 6.45) is 2.59. The number of anilines is 1. The number of nitrogens with zero attached hydrogens (tertiary/aromatic N) is 2. The second kappa shape index (κ2) is 5.36. The van der Waals surface area contributed by atoms with Gasteiger partial charge in [0.1, 0.15) is 0 Å². The van der Waals surface area contributed by atoms with Gasteiger partial charge in [-0.25, -0.2) is 4.68 Å². The highest BCUT2D eigenvalue weighted by molar-refractivity contribution is 5.92. The summed E-state index contributed by atoms with van der Waals surface area (Å²) in [5, 5.41) is 7.24. The van der Waals surface area contributed by atoms with Crippen molar-refractivity contribution in [3.63, 3.8) is 0 Å². The number of nitrogens with one attached hydrogen (secondary N) is 1. The summed E-state index contributed by atoms with van der Waals surface area (Å²) in [6.45, 7) is 6.00. The Bertz CT molecular complexity index is 616. The zero-order chi connectivity index (χ0) is 14.8. The minimum atomic E-state index is -0.243. The number of hydrogen-bond acceptors (Lipinski definition) is 3. The van der Waals surface area contributed by atoms with E-state index in [2.05, 4.69) is 10.4 Å². The Morgan fingerprint density at radius 2 is 2.05 bits per heavy atom. The van der Waals surface area contributed by atoms with E-state index in [9.17, 15) is 4.79 Å². The van der Waals surface area contributed by atoms with E-state index in [-0.39, 0.29) is 11.4 Å². The second-order valence-electron chi connectivity index (χ2n) is 5.40. The smallest absolute Gasteiger partial charge is 0.272 e. The van der Waals surface area contributed by atoms with E-state index in [0.717, 1.165) is 12.1 Å². The van der Waals surface area contributed by atoms with E-state index in [4.69, 9.17) is 5.73 Å². The van der Waals surface area contributed by atoms with Gasteiger partial charge in [0.2, 0.25) is 0 Å². The number of hydrogen-bond donors (Lipinski definition) is 2. The summed E-state index contributed by atoms with van der Waals surface area (Å²) in [7, 11) is 0. The Labute approximate surface area is 118 Å². The number of carbonyl (C=O) groups is 1. The van der Waals surface area contributed by atoms with Gasteiger partial charge in [-0.05, 0) is 38.5 Å². The Morgan fingerprint density at radius 3 is 2.70 bits per heavy atom. The van der Waals surface area contributed by atoms with Gasteiger partial charge in [0, 0.05) is 11.7 Å². The fraction of sp³-hybridized carbons (Fsp3) is 0.333. The monoisotopic (exact) mass is 272 g/mol. The van der Waals surface area contributed by atoms with Gasteiger partial charge in [-0.15, -0.1) is 0 Å². The number of nitrogen functional groups attached to an aromatic ring is 1. The maximum Gasteiger partial charge on any atom is 0.272 e. The number of para-hydroxylation sites is 2. The highest BCUT2D eigenvalue weighted by atomic mass is 16.2. The molecule has 0 aliphatic heterocycles. The van der Waals surface area contributed by atoms with Crippen molar-refractivity contribution in [2.75, 3.05) is 5.73 Å². The molecule has 1 aromatic heterocycles. The van der Waals surface area contributed by atoms with Crippen LogP contribution in [0.5, 0.6) is 0 Å². The van der Waals surface area contributed by atoms with Crippen LogP contribution in [-0.2, 0) is 0 Å². The Morgan fingerprint density at radius 1 is 1.35 bits per heavy atom. The van der Waals surface area contributed by atoms with E-state index in [1.165, 1.54) is 0 Å². The van der Waals surface area contributed by atoms with Gasteiger partial charge in [0.25, 0.3) is 5.91 Å². The van der Waals surface area contributed by atoms with Crippen LogP contribution in [0.25, 0.3) is 5.69 Å². The van der Waals surface area contributed by atoms with Gasteiger partial charge in [0.15, 0.2) is 5.69 Å². The molecule has 106 valence electrons. The fourth-order valence-corrected chi connectivity index (χ4v) is 1.74. The molecule has 0 saturated carbocycles. The normalized spacial score (nSPS) is 11.3. The van der Waals surface area contributed by atoms with Gasteiger partial charge in [-0.1, -0.05) is 19.1 Å². The lowest BCUT2D eigenvalue weighted by molar-refractivity contribution is 0.0905. The van der Waals surface area contributed by atoms with Crippen molar-refractivity contribution in [1.29, 1.82) is 0 Å². The van der Waals surface area contributed by atoms with Gasteiger partial charge in [0.05, 0.1) is 11.4 Å². The van der Waals surface area contributed by atoms with Gasteiger partial charge < -0.3 is 11.1 Å². The van der Waals surface area contributed by atoms with Crippen LogP contribution in [0, 0.1) is 0 Å². The van der Waals surface area contributed by atoms with E-state index >= 15 is 0 Å². The zero-order valence-corrected chi connectivity index (χ0v) is 12.1. The number of aromatic nitrogens is 2. The van der Waals surface area contributed by atoms with Crippen LogP contribution in [0.2, 0.25) is 0 Å². The first kappa shape index (κ1) is 14.1. The van der Waals surface area contributed by atoms with Crippen LogP contribution < -0.4 is 11.1 Å². The van der Waals surface area contributed by atoms with E-state index < -0.39 is 0 Å². The lowest BCUT2D eigenvalue weighted by Crippen LogP contribution is -2.42. The molecule has 0 bridgehead atoms. The van der Waals surface area contributed by atoms with Crippen molar-refractivity contribution in [3.8, 4) is 5.69 Å². The molecular weight excluding hydrogens is 252 g/mol. The minimum absolute atomic E-state index is 0.176. The number of carbonyl (C=O) groups excluding carboxylic acids is 1. The van der Waals surface area contributed by atoms with Crippen LogP contribution in [0.3, 0.4) is 0 Å². The number of benzene rings is 1. The van der Waals surface area contributed by atoms with E-state index in [1.54, 1.807) is 23.0 Å². The number of amides is 1. The summed E-state index contributed by atoms with van der Waals surface area (Å²) in [4.78, 5) is 12.1. The van der Waals surface area contributed by atoms with Gasteiger partial charge in [-0.2, -0.15) is 5.10 Å². The Balaban J connectivity index is 2.22. The molecule has 1 amide bonds. The maximum atomic E-state index is 12.1. The molecule has 0 aliphatic carbocycles.